The van der Waals surface area contributed by atoms with Crippen molar-refractivity contribution >= 4 is 65.1 Å². The second-order valence-corrected chi connectivity index (χ2v) is 28.8. The summed E-state index contributed by atoms with van der Waals surface area (Å²) in [6, 6.07) is 28.7. The van der Waals surface area contributed by atoms with Gasteiger partial charge in [0.05, 0.1) is 31.7 Å². The highest BCUT2D eigenvalue weighted by Crippen LogP contribution is 2.67. The average Bonchev–Trinajstić information content (AvgIpc) is 4.00. The van der Waals surface area contributed by atoms with Crippen LogP contribution in [0, 0.1) is 6.92 Å². The number of imidazole rings is 1. The van der Waals surface area contributed by atoms with Crippen molar-refractivity contribution in [2.24, 2.45) is 0 Å². The number of benzene rings is 4. The topological polar surface area (TPSA) is 276 Å². The largest absolute Gasteiger partial charge is 0.494 e. The molecular weight excluding hydrogens is 1170 g/mol. The molecule has 22 nitrogen and oxygen atoms in total. The molecular formula is C59H67N7O15P2S2. The van der Waals surface area contributed by atoms with E-state index in [0.717, 1.165) is 51.8 Å². The molecule has 0 spiro atoms. The van der Waals surface area contributed by atoms with Crippen molar-refractivity contribution in [1.82, 2.24) is 29.1 Å². The smallest absolute Gasteiger partial charge is 0.390 e. The zero-order valence-electron chi connectivity index (χ0n) is 47.1. The van der Waals surface area contributed by atoms with Gasteiger partial charge < -0.3 is 29.4 Å². The van der Waals surface area contributed by atoms with Gasteiger partial charge in [0.1, 0.15) is 60.1 Å². The fourth-order valence-corrected chi connectivity index (χ4v) is 16.8. The lowest BCUT2D eigenvalue weighted by Crippen LogP contribution is -2.39. The molecule has 85 heavy (non-hydrogen) atoms. The molecule has 2 bridgehead atoms. The number of ketones is 1. The van der Waals surface area contributed by atoms with Crippen LogP contribution in [0.1, 0.15) is 120 Å². The minimum atomic E-state index is -4.45. The van der Waals surface area contributed by atoms with E-state index in [0.29, 0.717) is 51.3 Å². The molecule has 10 rings (SSSR count). The second-order valence-electron chi connectivity index (χ2n) is 20.8. The number of aromatic nitrogens is 6. The SMILES string of the molecule is CCCCCCCCCCOc1ccc(C(=O)Oc2ccc(CSP3(=O)OC[C@H]4O[C@@H](n5ccc(=O)[nH]c5=O)[C@H](OP(=O)(SCc5ccc(C(=O)c6ccc(C)cc6)cc5)OC[C@H]5O[C@@H](n6cnc7c(N)ncnc76)CC5O3)[C@@H]4OC)cc2)cc1. The number of nitrogen functional groups attached to an aromatic ring is 1. The fraction of sp³-hybridized carbons (Fsp3) is 0.407. The van der Waals surface area contributed by atoms with E-state index < -0.39 is 87.0 Å². The fourth-order valence-electron chi connectivity index (χ4n) is 10.0. The van der Waals surface area contributed by atoms with Crippen LogP contribution in [0.2, 0.25) is 0 Å². The van der Waals surface area contributed by atoms with Crippen LogP contribution in [0.3, 0.4) is 0 Å². The van der Waals surface area contributed by atoms with E-state index in [1.54, 1.807) is 89.5 Å². The highest BCUT2D eigenvalue weighted by molar-refractivity contribution is 8.55. The molecule has 0 amide bonds. The Bertz CT molecular complexity index is 3630. The lowest BCUT2D eigenvalue weighted by Gasteiger charge is -2.29. The standard InChI is InChI=1S/C59H67N7O15P2S2/c1-4-5-6-7-8-9-10-11-30-74-44-26-22-43(23-27-44)58(69)77-45-24-16-40(17-25-45)35-84-82(71)76-33-48-53(73-3)54(57(79-48)65-29-28-49(67)64-59(65)70)81-83(72,85-34-39-14-20-42(21-15-39)52(68)41-18-12-38(2)13-19-41)75-32-47-46(80-82)31-50(78-47)66-37-63-51-55(60)61-36-62-56(51)66/h12-29,36-37,46-48,50,53-54,57H,4-11,30-35H2,1-3H3,(H2,60,61,62)(H,64,67,70)/t46?,47-,48-,50-,53-,54-,57-,82?,83?/m1/s1. The van der Waals surface area contributed by atoms with Gasteiger partial charge in [0.25, 0.3) is 5.56 Å². The minimum Gasteiger partial charge on any atom is -0.494 e. The number of methoxy groups -OCH3 is 1. The van der Waals surface area contributed by atoms with Gasteiger partial charge in [-0.05, 0) is 83.6 Å². The third kappa shape index (κ3) is 15.7. The molecule has 3 saturated heterocycles. The Morgan fingerprint density at radius 3 is 1.99 bits per heavy atom. The third-order valence-electron chi connectivity index (χ3n) is 14.7. The number of carbonyl (C=O) groups is 2. The van der Waals surface area contributed by atoms with Gasteiger partial charge in [-0.2, -0.15) is 0 Å². The first-order valence-electron chi connectivity index (χ1n) is 28.1. The first-order valence-corrected chi connectivity index (χ1v) is 34.4. The molecule has 7 aromatic rings. The summed E-state index contributed by atoms with van der Waals surface area (Å²) in [6.07, 6.45) is 5.54. The Morgan fingerprint density at radius 2 is 1.32 bits per heavy atom. The van der Waals surface area contributed by atoms with Gasteiger partial charge in [-0.1, -0.05) is 118 Å². The summed E-state index contributed by atoms with van der Waals surface area (Å²) in [4.78, 5) is 67.5. The van der Waals surface area contributed by atoms with Crippen molar-refractivity contribution in [2.75, 3.05) is 32.7 Å². The number of rotatable bonds is 23. The van der Waals surface area contributed by atoms with E-state index >= 15 is 9.13 Å². The number of fused-ring (bicyclic) bond motifs is 4. The predicted octanol–water partition coefficient (Wildman–Crippen LogP) is 11.3. The Kier molecular flexibility index (Phi) is 20.7. The molecule has 0 saturated carbocycles. The Hall–Kier alpha value is -6.27. The van der Waals surface area contributed by atoms with Crippen molar-refractivity contribution in [1.29, 1.82) is 0 Å². The van der Waals surface area contributed by atoms with Gasteiger partial charge in [0.2, 0.25) is 0 Å². The average molecular weight is 1240 g/mol. The maximum absolute atomic E-state index is 15.6. The zero-order chi connectivity index (χ0) is 59.5. The predicted molar refractivity (Wildman–Crippen MR) is 321 cm³/mol. The van der Waals surface area contributed by atoms with Crippen LogP contribution in [0.5, 0.6) is 11.5 Å². The number of aromatic amines is 1. The molecule has 6 heterocycles. The van der Waals surface area contributed by atoms with Crippen molar-refractivity contribution in [3.63, 3.8) is 0 Å². The Morgan fingerprint density at radius 1 is 0.706 bits per heavy atom. The summed E-state index contributed by atoms with van der Waals surface area (Å²) in [5, 5.41) is 0. The molecule has 3 aliphatic rings. The van der Waals surface area contributed by atoms with Crippen molar-refractivity contribution in [2.45, 2.75) is 126 Å². The van der Waals surface area contributed by atoms with Gasteiger partial charge in [0, 0.05) is 48.4 Å². The highest BCUT2D eigenvalue weighted by atomic mass is 32.7. The van der Waals surface area contributed by atoms with Crippen LogP contribution in [-0.2, 0) is 52.9 Å². The van der Waals surface area contributed by atoms with Crippen LogP contribution in [0.15, 0.2) is 132 Å². The normalized spacial score (nSPS) is 24.2. The quantitative estimate of drug-likeness (QED) is 0.0198. The van der Waals surface area contributed by atoms with E-state index in [-0.39, 0.29) is 35.3 Å². The summed E-state index contributed by atoms with van der Waals surface area (Å²) in [7, 11) is 1.36. The molecule has 9 atom stereocenters. The Balaban J connectivity index is 0.875. The third-order valence-corrected chi connectivity index (χ3v) is 22.0. The van der Waals surface area contributed by atoms with Crippen LogP contribution in [0.4, 0.5) is 5.82 Å². The number of nitrogens with zero attached hydrogens (tertiary/aromatic N) is 5. The van der Waals surface area contributed by atoms with Crippen LogP contribution in [0.25, 0.3) is 11.2 Å². The lowest BCUT2D eigenvalue weighted by molar-refractivity contribution is -0.0601. The maximum Gasteiger partial charge on any atom is 0.390 e. The molecule has 0 radical (unpaired) electrons. The number of nitrogens with one attached hydrogen (secondary N) is 1. The number of ether oxygens (including phenoxy) is 5. The lowest BCUT2D eigenvalue weighted by atomic mass is 10.0. The van der Waals surface area contributed by atoms with E-state index in [1.807, 2.05) is 19.1 Å². The van der Waals surface area contributed by atoms with E-state index in [2.05, 4.69) is 26.9 Å². The van der Waals surface area contributed by atoms with E-state index in [9.17, 15) is 19.2 Å². The van der Waals surface area contributed by atoms with Crippen molar-refractivity contribution in [3.05, 3.63) is 176 Å². The number of esters is 1. The number of carbonyl (C=O) groups excluding carboxylic acids is 2. The maximum atomic E-state index is 15.6. The number of anilines is 1. The summed E-state index contributed by atoms with van der Waals surface area (Å²) in [5.74, 6) is 0.484. The van der Waals surface area contributed by atoms with Crippen LogP contribution >= 0.6 is 36.4 Å². The van der Waals surface area contributed by atoms with Gasteiger partial charge in [0.15, 0.2) is 23.5 Å². The van der Waals surface area contributed by atoms with Gasteiger partial charge in [-0.25, -0.2) is 33.7 Å². The number of unbranched alkanes of at least 4 members (excludes halogenated alkanes) is 7. The molecule has 3 unspecified atom stereocenters. The number of H-pyrrole nitrogens is 1. The van der Waals surface area contributed by atoms with E-state index in [1.165, 1.54) is 64.5 Å². The van der Waals surface area contributed by atoms with Gasteiger partial charge in [-0.3, -0.25) is 41.8 Å². The molecule has 450 valence electrons. The molecule has 3 aromatic heterocycles. The zero-order valence-corrected chi connectivity index (χ0v) is 50.6. The molecule has 0 aliphatic carbocycles. The molecule has 26 heteroatoms. The summed E-state index contributed by atoms with van der Waals surface area (Å²) in [6.45, 7) is -4.96. The molecule has 3 fully saturated rings. The monoisotopic (exact) mass is 1240 g/mol. The molecule has 3 N–H and O–H groups in total. The van der Waals surface area contributed by atoms with Crippen molar-refractivity contribution in [3.8, 4) is 11.5 Å². The van der Waals surface area contributed by atoms with Gasteiger partial charge in [-0.15, -0.1) is 0 Å². The van der Waals surface area contributed by atoms with Crippen molar-refractivity contribution < 1.29 is 60.5 Å². The number of hydrogen-bond donors (Lipinski definition) is 2. The van der Waals surface area contributed by atoms with E-state index in [4.69, 9.17) is 47.5 Å². The van der Waals surface area contributed by atoms with Gasteiger partial charge >= 0.3 is 25.3 Å². The Labute approximate surface area is 498 Å². The molecule has 3 aliphatic heterocycles. The highest BCUT2D eigenvalue weighted by Gasteiger charge is 2.53. The van der Waals surface area contributed by atoms with Crippen LogP contribution < -0.4 is 26.5 Å². The number of nitrogens with two attached hydrogens (primary N) is 1. The first kappa shape index (κ1) is 61.8. The minimum absolute atomic E-state index is 0.0405. The summed E-state index contributed by atoms with van der Waals surface area (Å²) < 4.78 is 90.3. The second kappa shape index (κ2) is 28.5. The van der Waals surface area contributed by atoms with Crippen LogP contribution in [-0.4, -0.2) is 98.3 Å². The first-order chi connectivity index (χ1) is 41.2. The molecule has 4 aromatic carbocycles. The number of hydrogen-bond acceptors (Lipinski definition) is 21. The summed E-state index contributed by atoms with van der Waals surface area (Å²) >= 11 is 1.70. The summed E-state index contributed by atoms with van der Waals surface area (Å²) in [5.41, 5.74) is 8.96. The number of aryl methyl sites for hydroxylation is 1.